The number of phenolic OH excluding ortho intramolecular Hbond substituents is 1. The van der Waals surface area contributed by atoms with Crippen molar-refractivity contribution in [3.05, 3.63) is 30.3 Å². The predicted octanol–water partition coefficient (Wildman–Crippen LogP) is 2.58. The van der Waals surface area contributed by atoms with Crippen LogP contribution in [0.3, 0.4) is 0 Å². The van der Waals surface area contributed by atoms with Gasteiger partial charge in [-0.3, -0.25) is 5.10 Å². The Hall–Kier alpha value is -2.01. The van der Waals surface area contributed by atoms with Crippen LogP contribution in [0.25, 0.3) is 20.7 Å². The minimum absolute atomic E-state index is 0.282. The fourth-order valence-electron chi connectivity index (χ4n) is 1.62. The molecule has 1 aromatic carbocycles. The first-order valence-corrected chi connectivity index (χ1v) is 5.58. The summed E-state index contributed by atoms with van der Waals surface area (Å²) in [6, 6.07) is 9.17. The zero-order valence-electron chi connectivity index (χ0n) is 8.27. The molecule has 0 unspecified atom stereocenters. The molecule has 4 nitrogen and oxygen atoms in total. The number of rotatable bonds is 1. The molecule has 4 N–H and O–H groups in total. The van der Waals surface area contributed by atoms with Crippen LogP contribution in [0.15, 0.2) is 30.3 Å². The molecule has 16 heavy (non-hydrogen) atoms. The Bertz CT molecular complexity index is 656. The fraction of sp³-hybridized carbons (Fsp3) is 0. The first kappa shape index (κ1) is 9.23. The van der Waals surface area contributed by atoms with Crippen molar-refractivity contribution in [2.24, 2.45) is 0 Å². The van der Waals surface area contributed by atoms with Crippen LogP contribution in [0.1, 0.15) is 0 Å². The molecule has 0 aliphatic carbocycles. The second-order valence-corrected chi connectivity index (χ2v) is 4.62. The first-order valence-electron chi connectivity index (χ1n) is 4.76. The van der Waals surface area contributed by atoms with Crippen molar-refractivity contribution >= 4 is 27.2 Å². The normalized spacial score (nSPS) is 11.0. The zero-order valence-corrected chi connectivity index (χ0v) is 9.08. The van der Waals surface area contributed by atoms with Gasteiger partial charge < -0.3 is 10.8 Å². The number of anilines is 1. The Labute approximate surface area is 95.3 Å². The summed E-state index contributed by atoms with van der Waals surface area (Å²) in [6.07, 6.45) is 0. The van der Waals surface area contributed by atoms with Gasteiger partial charge in [0.05, 0.1) is 10.6 Å². The van der Waals surface area contributed by atoms with Gasteiger partial charge in [-0.2, -0.15) is 5.10 Å². The molecule has 0 bridgehead atoms. The Morgan fingerprint density at radius 3 is 2.88 bits per heavy atom. The van der Waals surface area contributed by atoms with Gasteiger partial charge in [-0.05, 0) is 29.7 Å². The topological polar surface area (TPSA) is 74.9 Å². The van der Waals surface area contributed by atoms with Gasteiger partial charge in [-0.25, -0.2) is 0 Å². The van der Waals surface area contributed by atoms with E-state index in [0.717, 1.165) is 20.7 Å². The van der Waals surface area contributed by atoms with E-state index < -0.39 is 0 Å². The van der Waals surface area contributed by atoms with Gasteiger partial charge >= 0.3 is 0 Å². The van der Waals surface area contributed by atoms with Gasteiger partial charge in [-0.1, -0.05) is 0 Å². The van der Waals surface area contributed by atoms with Crippen LogP contribution in [0.5, 0.6) is 5.75 Å². The number of aromatic hydroxyl groups is 1. The number of phenols is 1. The molecule has 0 saturated carbocycles. The number of nitrogens with one attached hydrogen (secondary N) is 1. The highest BCUT2D eigenvalue weighted by atomic mass is 32.1. The van der Waals surface area contributed by atoms with Gasteiger partial charge in [-0.15, -0.1) is 11.3 Å². The summed E-state index contributed by atoms with van der Waals surface area (Å²) in [6.45, 7) is 0. The number of aromatic amines is 1. The summed E-state index contributed by atoms with van der Waals surface area (Å²) in [4.78, 5) is 1.06. The number of thiophene rings is 1. The van der Waals surface area contributed by atoms with Crippen molar-refractivity contribution in [3.63, 3.8) is 0 Å². The van der Waals surface area contributed by atoms with E-state index in [9.17, 15) is 5.11 Å². The fourth-order valence-corrected chi connectivity index (χ4v) is 2.68. The molecule has 5 heteroatoms. The van der Waals surface area contributed by atoms with Crippen molar-refractivity contribution in [2.45, 2.75) is 0 Å². The van der Waals surface area contributed by atoms with E-state index in [0.29, 0.717) is 5.82 Å². The Morgan fingerprint density at radius 2 is 2.12 bits per heavy atom. The molecule has 0 aliphatic rings. The Kier molecular flexibility index (Phi) is 1.87. The SMILES string of the molecule is Nc1cc(-c2cc3ccc(O)cc3s2)[nH]n1. The van der Waals surface area contributed by atoms with E-state index in [2.05, 4.69) is 10.2 Å². The third-order valence-corrected chi connectivity index (χ3v) is 3.50. The van der Waals surface area contributed by atoms with Crippen LogP contribution < -0.4 is 5.73 Å². The maximum absolute atomic E-state index is 9.38. The highest BCUT2D eigenvalue weighted by molar-refractivity contribution is 7.22. The quantitative estimate of drug-likeness (QED) is 0.602. The minimum atomic E-state index is 0.282. The summed E-state index contributed by atoms with van der Waals surface area (Å²) in [5.41, 5.74) is 6.46. The number of nitrogen functional groups attached to an aromatic ring is 1. The molecule has 0 aliphatic heterocycles. The number of benzene rings is 1. The largest absolute Gasteiger partial charge is 0.508 e. The van der Waals surface area contributed by atoms with E-state index in [1.54, 1.807) is 29.5 Å². The highest BCUT2D eigenvalue weighted by Crippen LogP contribution is 2.34. The number of aromatic nitrogens is 2. The molecule has 0 saturated heterocycles. The van der Waals surface area contributed by atoms with Crippen LogP contribution in [0.4, 0.5) is 5.82 Å². The van der Waals surface area contributed by atoms with Gasteiger partial charge in [0.25, 0.3) is 0 Å². The molecule has 0 fully saturated rings. The number of hydrogen-bond donors (Lipinski definition) is 3. The van der Waals surface area contributed by atoms with Crippen molar-refractivity contribution in [2.75, 3.05) is 5.73 Å². The van der Waals surface area contributed by atoms with Crippen molar-refractivity contribution in [1.82, 2.24) is 10.2 Å². The number of nitrogens with two attached hydrogens (primary N) is 1. The van der Waals surface area contributed by atoms with Crippen molar-refractivity contribution in [3.8, 4) is 16.3 Å². The molecular formula is C11H9N3OS. The summed E-state index contributed by atoms with van der Waals surface area (Å²) >= 11 is 1.59. The second-order valence-electron chi connectivity index (χ2n) is 3.54. The maximum atomic E-state index is 9.38. The molecule has 3 aromatic rings. The van der Waals surface area contributed by atoms with E-state index >= 15 is 0 Å². The number of nitrogens with zero attached hydrogens (tertiary/aromatic N) is 1. The van der Waals surface area contributed by atoms with E-state index in [-0.39, 0.29) is 5.75 Å². The monoisotopic (exact) mass is 231 g/mol. The summed E-state index contributed by atoms with van der Waals surface area (Å²) in [7, 11) is 0. The van der Waals surface area contributed by atoms with Crippen LogP contribution in [0.2, 0.25) is 0 Å². The lowest BCUT2D eigenvalue weighted by Crippen LogP contribution is -1.81. The molecular weight excluding hydrogens is 222 g/mol. The van der Waals surface area contributed by atoms with Gasteiger partial charge in [0, 0.05) is 10.8 Å². The summed E-state index contributed by atoms with van der Waals surface area (Å²) in [5, 5.41) is 17.2. The molecule has 2 heterocycles. The Morgan fingerprint density at radius 1 is 1.25 bits per heavy atom. The average molecular weight is 231 g/mol. The summed E-state index contributed by atoms with van der Waals surface area (Å²) in [5.74, 6) is 0.764. The summed E-state index contributed by atoms with van der Waals surface area (Å²) < 4.78 is 1.04. The van der Waals surface area contributed by atoms with Gasteiger partial charge in [0.1, 0.15) is 11.6 Å². The molecule has 0 atom stereocenters. The van der Waals surface area contributed by atoms with Crippen molar-refractivity contribution < 1.29 is 5.11 Å². The van der Waals surface area contributed by atoms with Crippen molar-refractivity contribution in [1.29, 1.82) is 0 Å². The highest BCUT2D eigenvalue weighted by Gasteiger charge is 2.06. The predicted molar refractivity (Wildman–Crippen MR) is 65.5 cm³/mol. The Balaban J connectivity index is 2.18. The molecule has 80 valence electrons. The van der Waals surface area contributed by atoms with E-state index in [4.69, 9.17) is 5.73 Å². The van der Waals surface area contributed by atoms with Crippen LogP contribution in [-0.2, 0) is 0 Å². The lowest BCUT2D eigenvalue weighted by atomic mass is 10.2. The number of hydrogen-bond acceptors (Lipinski definition) is 4. The third kappa shape index (κ3) is 1.42. The number of fused-ring (bicyclic) bond motifs is 1. The first-order chi connectivity index (χ1) is 7.72. The second kappa shape index (κ2) is 3.24. The smallest absolute Gasteiger partial charge is 0.145 e. The molecule has 0 radical (unpaired) electrons. The van der Waals surface area contributed by atoms with Crippen LogP contribution in [-0.4, -0.2) is 15.3 Å². The average Bonchev–Trinajstić information content (AvgIpc) is 2.83. The maximum Gasteiger partial charge on any atom is 0.145 e. The van der Waals surface area contributed by atoms with E-state index in [1.165, 1.54) is 0 Å². The van der Waals surface area contributed by atoms with Crippen LogP contribution >= 0.6 is 11.3 Å². The lowest BCUT2D eigenvalue weighted by molar-refractivity contribution is 0.476. The molecule has 2 aromatic heterocycles. The molecule has 3 rings (SSSR count). The van der Waals surface area contributed by atoms with Gasteiger partial charge in [0.2, 0.25) is 0 Å². The molecule has 0 amide bonds. The number of H-pyrrole nitrogens is 1. The third-order valence-electron chi connectivity index (χ3n) is 2.37. The van der Waals surface area contributed by atoms with E-state index in [1.807, 2.05) is 12.1 Å². The van der Waals surface area contributed by atoms with Gasteiger partial charge in [0.15, 0.2) is 0 Å². The zero-order chi connectivity index (χ0) is 11.1. The standard InChI is InChI=1S/C11H9N3OS/c12-11-5-8(13-14-11)10-3-6-1-2-7(15)4-9(6)16-10/h1-5,15H,(H3,12,13,14). The minimum Gasteiger partial charge on any atom is -0.508 e. The molecule has 0 spiro atoms. The van der Waals surface area contributed by atoms with Crippen LogP contribution in [0, 0.1) is 0 Å². The lowest BCUT2D eigenvalue weighted by Gasteiger charge is -1.89.